The molecule has 0 radical (unpaired) electrons. The van der Waals surface area contributed by atoms with E-state index in [-0.39, 0.29) is 12.0 Å². The monoisotopic (exact) mass is 408 g/mol. The molecule has 0 aromatic carbocycles. The zero-order valence-electron chi connectivity index (χ0n) is 18.4. The van der Waals surface area contributed by atoms with Crippen molar-refractivity contribution in [2.24, 2.45) is 13.0 Å². The SMILES string of the molecule is Cc1nn(C)c(C)c1NC(=O)[C@@H](C)OC(=O)C1CCN(C(=O)OC(C)(C)C)CC1. The standard InChI is InChI=1S/C20H32N4O5/c1-12-16(13(2)23(7)22-12)21-17(25)14(3)28-18(26)15-8-10-24(11-9-15)19(27)29-20(4,5)6/h14-15H,8-11H2,1-7H3,(H,21,25)/t14-/m1/s1. The molecule has 1 aliphatic rings. The molecular formula is C20H32N4O5. The summed E-state index contributed by atoms with van der Waals surface area (Å²) in [5.74, 6) is -1.16. The molecular weight excluding hydrogens is 376 g/mol. The van der Waals surface area contributed by atoms with Gasteiger partial charge in [-0.1, -0.05) is 0 Å². The summed E-state index contributed by atoms with van der Waals surface area (Å²) in [6, 6.07) is 0. The third-order valence-corrected chi connectivity index (χ3v) is 4.90. The number of aromatic nitrogens is 2. The van der Waals surface area contributed by atoms with E-state index in [1.165, 1.54) is 0 Å². The van der Waals surface area contributed by atoms with E-state index in [0.29, 0.717) is 37.3 Å². The number of ether oxygens (including phenoxy) is 2. The van der Waals surface area contributed by atoms with Gasteiger partial charge in [0.25, 0.3) is 5.91 Å². The van der Waals surface area contributed by atoms with Crippen LogP contribution in [-0.4, -0.2) is 57.4 Å². The zero-order valence-corrected chi connectivity index (χ0v) is 18.4. The number of hydrogen-bond donors (Lipinski definition) is 1. The van der Waals surface area contributed by atoms with E-state index < -0.39 is 23.6 Å². The highest BCUT2D eigenvalue weighted by Gasteiger charge is 2.32. The normalized spacial score (nSPS) is 16.3. The average Bonchev–Trinajstić information content (AvgIpc) is 2.86. The maximum atomic E-state index is 12.5. The summed E-state index contributed by atoms with van der Waals surface area (Å²) in [7, 11) is 1.80. The number of amides is 2. The molecule has 0 bridgehead atoms. The van der Waals surface area contributed by atoms with Crippen LogP contribution >= 0.6 is 0 Å². The molecule has 29 heavy (non-hydrogen) atoms. The van der Waals surface area contributed by atoms with Gasteiger partial charge in [-0.25, -0.2) is 4.79 Å². The third kappa shape index (κ3) is 5.95. The fourth-order valence-corrected chi connectivity index (χ4v) is 3.13. The lowest BCUT2D eigenvalue weighted by Gasteiger charge is -2.32. The summed E-state index contributed by atoms with van der Waals surface area (Å²) in [5.41, 5.74) is 1.60. The molecule has 1 aliphatic heterocycles. The second-order valence-corrected chi connectivity index (χ2v) is 8.48. The summed E-state index contributed by atoms with van der Waals surface area (Å²) in [6.07, 6.45) is -0.342. The lowest BCUT2D eigenvalue weighted by atomic mass is 9.97. The molecule has 0 unspecified atom stereocenters. The summed E-state index contributed by atoms with van der Waals surface area (Å²) in [5, 5.41) is 7.03. The number of rotatable bonds is 4. The lowest BCUT2D eigenvalue weighted by Crippen LogP contribution is -2.43. The zero-order chi connectivity index (χ0) is 21.9. The van der Waals surface area contributed by atoms with Gasteiger partial charge in [-0.15, -0.1) is 0 Å². The Morgan fingerprint density at radius 2 is 1.76 bits per heavy atom. The van der Waals surface area contributed by atoms with E-state index in [2.05, 4.69) is 10.4 Å². The smallest absolute Gasteiger partial charge is 0.410 e. The molecule has 2 heterocycles. The minimum Gasteiger partial charge on any atom is -0.452 e. The van der Waals surface area contributed by atoms with E-state index in [1.807, 2.05) is 27.7 Å². The van der Waals surface area contributed by atoms with Crippen LogP contribution in [0.5, 0.6) is 0 Å². The van der Waals surface area contributed by atoms with Gasteiger partial charge in [-0.05, 0) is 54.4 Å². The molecule has 1 N–H and O–H groups in total. The first-order valence-corrected chi connectivity index (χ1v) is 9.88. The van der Waals surface area contributed by atoms with Crippen LogP contribution in [0.15, 0.2) is 0 Å². The number of piperidine rings is 1. The molecule has 0 spiro atoms. The van der Waals surface area contributed by atoms with Crippen molar-refractivity contribution >= 4 is 23.7 Å². The summed E-state index contributed by atoms with van der Waals surface area (Å²) >= 11 is 0. The van der Waals surface area contributed by atoms with Crippen LogP contribution in [-0.2, 0) is 26.1 Å². The van der Waals surface area contributed by atoms with Crippen LogP contribution < -0.4 is 5.32 Å². The highest BCUT2D eigenvalue weighted by atomic mass is 16.6. The van der Waals surface area contributed by atoms with Crippen LogP contribution in [0.25, 0.3) is 0 Å². The van der Waals surface area contributed by atoms with Crippen molar-refractivity contribution in [1.82, 2.24) is 14.7 Å². The molecule has 9 nitrogen and oxygen atoms in total. The van der Waals surface area contributed by atoms with Gasteiger partial charge in [0.2, 0.25) is 0 Å². The molecule has 1 atom stereocenters. The fraction of sp³-hybridized carbons (Fsp3) is 0.700. The molecule has 2 rings (SSSR count). The first-order chi connectivity index (χ1) is 13.4. The second-order valence-electron chi connectivity index (χ2n) is 8.48. The van der Waals surface area contributed by atoms with Crippen molar-refractivity contribution in [2.75, 3.05) is 18.4 Å². The first kappa shape index (κ1) is 22.7. The van der Waals surface area contributed by atoms with Crippen LogP contribution in [0.1, 0.15) is 51.9 Å². The highest BCUT2D eigenvalue weighted by molar-refractivity contribution is 5.96. The number of nitrogens with one attached hydrogen (secondary N) is 1. The Kier molecular flexibility index (Phi) is 6.92. The van der Waals surface area contributed by atoms with Crippen molar-refractivity contribution in [3.8, 4) is 0 Å². The number of aryl methyl sites for hydroxylation is 2. The Labute approximate surface area is 171 Å². The lowest BCUT2D eigenvalue weighted by molar-refractivity contribution is -0.158. The van der Waals surface area contributed by atoms with Crippen LogP contribution in [0.2, 0.25) is 0 Å². The minimum atomic E-state index is -0.926. The summed E-state index contributed by atoms with van der Waals surface area (Å²) in [6.45, 7) is 11.5. The van der Waals surface area contributed by atoms with Crippen LogP contribution in [0.3, 0.4) is 0 Å². The van der Waals surface area contributed by atoms with Crippen molar-refractivity contribution in [3.63, 3.8) is 0 Å². The Morgan fingerprint density at radius 3 is 2.24 bits per heavy atom. The molecule has 0 aliphatic carbocycles. The first-order valence-electron chi connectivity index (χ1n) is 9.88. The van der Waals surface area contributed by atoms with Crippen molar-refractivity contribution in [1.29, 1.82) is 0 Å². The predicted molar refractivity (Wildman–Crippen MR) is 107 cm³/mol. The summed E-state index contributed by atoms with van der Waals surface area (Å²) in [4.78, 5) is 38.6. The number of esters is 1. The van der Waals surface area contributed by atoms with E-state index in [9.17, 15) is 14.4 Å². The topological polar surface area (TPSA) is 103 Å². The van der Waals surface area contributed by atoms with E-state index in [4.69, 9.17) is 9.47 Å². The molecule has 162 valence electrons. The third-order valence-electron chi connectivity index (χ3n) is 4.90. The molecule has 9 heteroatoms. The van der Waals surface area contributed by atoms with E-state index in [0.717, 1.165) is 5.69 Å². The van der Waals surface area contributed by atoms with E-state index >= 15 is 0 Å². The number of likely N-dealkylation sites (tertiary alicyclic amines) is 1. The Balaban J connectivity index is 1.84. The Bertz CT molecular complexity index is 773. The number of carbonyl (C=O) groups excluding carboxylic acids is 3. The van der Waals surface area contributed by atoms with Crippen molar-refractivity contribution in [2.45, 2.75) is 66.1 Å². The molecule has 1 aromatic rings. The molecule has 1 saturated heterocycles. The maximum absolute atomic E-state index is 12.5. The number of nitrogens with zero attached hydrogens (tertiary/aromatic N) is 3. The molecule has 0 saturated carbocycles. The van der Waals surface area contributed by atoms with Crippen molar-refractivity contribution < 1.29 is 23.9 Å². The average molecular weight is 408 g/mol. The highest BCUT2D eigenvalue weighted by Crippen LogP contribution is 2.22. The van der Waals surface area contributed by atoms with Crippen LogP contribution in [0.4, 0.5) is 10.5 Å². The maximum Gasteiger partial charge on any atom is 0.410 e. The van der Waals surface area contributed by atoms with Crippen molar-refractivity contribution in [3.05, 3.63) is 11.4 Å². The number of carbonyl (C=O) groups is 3. The second kappa shape index (κ2) is 8.84. The Hall–Kier alpha value is -2.58. The number of anilines is 1. The van der Waals surface area contributed by atoms with Gasteiger partial charge in [0, 0.05) is 20.1 Å². The van der Waals surface area contributed by atoms with Crippen LogP contribution in [0, 0.1) is 19.8 Å². The fourth-order valence-electron chi connectivity index (χ4n) is 3.13. The minimum absolute atomic E-state index is 0.342. The van der Waals surface area contributed by atoms with Gasteiger partial charge >= 0.3 is 12.1 Å². The molecule has 2 amide bonds. The Morgan fingerprint density at radius 1 is 1.17 bits per heavy atom. The molecule has 1 fully saturated rings. The summed E-state index contributed by atoms with van der Waals surface area (Å²) < 4.78 is 12.4. The molecule has 1 aromatic heterocycles. The number of hydrogen-bond acceptors (Lipinski definition) is 6. The van der Waals surface area contributed by atoms with Gasteiger partial charge in [0.1, 0.15) is 5.60 Å². The van der Waals surface area contributed by atoms with Gasteiger partial charge in [0.05, 0.1) is 23.0 Å². The largest absolute Gasteiger partial charge is 0.452 e. The quantitative estimate of drug-likeness (QED) is 0.768. The van der Waals surface area contributed by atoms with Gasteiger partial charge < -0.3 is 19.7 Å². The van der Waals surface area contributed by atoms with Gasteiger partial charge in [0.15, 0.2) is 6.10 Å². The van der Waals surface area contributed by atoms with Gasteiger partial charge in [-0.3, -0.25) is 14.3 Å². The van der Waals surface area contributed by atoms with E-state index in [1.54, 1.807) is 30.5 Å². The predicted octanol–water partition coefficient (Wildman–Crippen LogP) is 2.55. The van der Waals surface area contributed by atoms with Gasteiger partial charge in [-0.2, -0.15) is 5.10 Å².